The number of nitrogen functional groups attached to an aromatic ring is 1. The van der Waals surface area contributed by atoms with E-state index in [1.165, 1.54) is 17.4 Å². The first kappa shape index (κ1) is 12.3. The summed E-state index contributed by atoms with van der Waals surface area (Å²) in [6.45, 7) is -2.84. The number of alkyl halides is 2. The fourth-order valence-corrected chi connectivity index (χ4v) is 2.32. The lowest BCUT2D eigenvalue weighted by Gasteiger charge is -2.07. The molecule has 2 aromatic rings. The van der Waals surface area contributed by atoms with E-state index in [0.717, 1.165) is 5.56 Å². The molecule has 1 aromatic heterocycles. The minimum atomic E-state index is -2.84. The van der Waals surface area contributed by atoms with Gasteiger partial charge in [0.05, 0.1) is 10.2 Å². The third-order valence-corrected chi connectivity index (χ3v) is 3.26. The van der Waals surface area contributed by atoms with Crippen LogP contribution in [-0.4, -0.2) is 11.6 Å². The second-order valence-corrected chi connectivity index (χ2v) is 4.84. The topological polar surface area (TPSA) is 48.1 Å². The summed E-state index contributed by atoms with van der Waals surface area (Å²) >= 11 is 4.49. The van der Waals surface area contributed by atoms with E-state index in [9.17, 15) is 8.78 Å². The molecule has 7 heteroatoms. The normalized spacial score (nSPS) is 10.8. The van der Waals surface area contributed by atoms with Gasteiger partial charge in [0.1, 0.15) is 5.75 Å². The average Bonchev–Trinajstić information content (AvgIpc) is 2.67. The first-order valence-electron chi connectivity index (χ1n) is 4.52. The van der Waals surface area contributed by atoms with Gasteiger partial charge < -0.3 is 10.5 Å². The zero-order valence-electron chi connectivity index (χ0n) is 8.36. The van der Waals surface area contributed by atoms with Crippen molar-refractivity contribution >= 4 is 32.4 Å². The number of benzene rings is 1. The van der Waals surface area contributed by atoms with Gasteiger partial charge in [-0.05, 0) is 34.1 Å². The monoisotopic (exact) mass is 320 g/mol. The zero-order chi connectivity index (χ0) is 12.4. The summed E-state index contributed by atoms with van der Waals surface area (Å²) in [6.07, 6.45) is 0. The number of halogens is 3. The molecule has 17 heavy (non-hydrogen) atoms. The van der Waals surface area contributed by atoms with Crippen LogP contribution < -0.4 is 10.5 Å². The Balaban J connectivity index is 2.30. The number of rotatable bonds is 3. The summed E-state index contributed by atoms with van der Waals surface area (Å²) in [6, 6.07) is 4.77. The van der Waals surface area contributed by atoms with Crippen LogP contribution >= 0.6 is 27.3 Å². The van der Waals surface area contributed by atoms with Gasteiger partial charge in [0.15, 0.2) is 5.13 Å². The highest BCUT2D eigenvalue weighted by Gasteiger charge is 2.10. The Morgan fingerprint density at radius 1 is 1.41 bits per heavy atom. The van der Waals surface area contributed by atoms with E-state index in [2.05, 4.69) is 25.7 Å². The second-order valence-electron chi connectivity index (χ2n) is 3.09. The fourth-order valence-electron chi connectivity index (χ4n) is 1.27. The number of hydrogen-bond acceptors (Lipinski definition) is 4. The lowest BCUT2D eigenvalue weighted by Crippen LogP contribution is -2.02. The number of nitrogens with two attached hydrogens (primary N) is 1. The summed E-state index contributed by atoms with van der Waals surface area (Å²) < 4.78 is 28.9. The largest absolute Gasteiger partial charge is 0.434 e. The summed E-state index contributed by atoms with van der Waals surface area (Å²) in [4.78, 5) is 4.10. The van der Waals surface area contributed by atoms with Crippen molar-refractivity contribution in [3.63, 3.8) is 0 Å². The Hall–Kier alpha value is -1.21. The second kappa shape index (κ2) is 4.97. The standard InChI is InChI=1S/C10H7BrF2N2OS/c11-6-3-5(7-4-17-10(14)15-7)1-2-8(6)16-9(12)13/h1-4,9H,(H2,14,15). The maximum absolute atomic E-state index is 12.1. The van der Waals surface area contributed by atoms with Gasteiger partial charge in [0, 0.05) is 10.9 Å². The molecular formula is C10H7BrF2N2OS. The molecule has 0 aliphatic rings. The van der Waals surface area contributed by atoms with E-state index in [0.29, 0.717) is 15.3 Å². The van der Waals surface area contributed by atoms with Crippen molar-refractivity contribution in [2.24, 2.45) is 0 Å². The van der Waals surface area contributed by atoms with Crippen molar-refractivity contribution in [1.82, 2.24) is 4.98 Å². The Kier molecular flexibility index (Phi) is 3.58. The molecule has 0 bridgehead atoms. The molecule has 90 valence electrons. The van der Waals surface area contributed by atoms with Crippen molar-refractivity contribution in [3.8, 4) is 17.0 Å². The average molecular weight is 321 g/mol. The van der Waals surface area contributed by atoms with Crippen molar-refractivity contribution in [3.05, 3.63) is 28.1 Å². The van der Waals surface area contributed by atoms with Gasteiger partial charge >= 0.3 is 6.61 Å². The maximum Gasteiger partial charge on any atom is 0.387 e. The van der Waals surface area contributed by atoms with Crippen LogP contribution in [0.2, 0.25) is 0 Å². The molecule has 0 saturated heterocycles. The van der Waals surface area contributed by atoms with E-state index in [1.54, 1.807) is 17.5 Å². The van der Waals surface area contributed by atoms with Crippen molar-refractivity contribution in [2.75, 3.05) is 5.73 Å². The van der Waals surface area contributed by atoms with Gasteiger partial charge in [0.2, 0.25) is 0 Å². The van der Waals surface area contributed by atoms with Crippen molar-refractivity contribution in [2.45, 2.75) is 6.61 Å². The van der Waals surface area contributed by atoms with Crippen LogP contribution in [0.15, 0.2) is 28.1 Å². The molecule has 0 aliphatic carbocycles. The van der Waals surface area contributed by atoms with Gasteiger partial charge in [-0.2, -0.15) is 8.78 Å². The van der Waals surface area contributed by atoms with Crippen LogP contribution in [0.5, 0.6) is 5.75 Å². The molecule has 1 heterocycles. The molecule has 0 atom stereocenters. The lowest BCUT2D eigenvalue weighted by atomic mass is 10.2. The molecule has 0 amide bonds. The number of nitrogens with zero attached hydrogens (tertiary/aromatic N) is 1. The number of ether oxygens (including phenoxy) is 1. The van der Waals surface area contributed by atoms with Gasteiger partial charge in [-0.25, -0.2) is 4.98 Å². The third-order valence-electron chi connectivity index (χ3n) is 1.97. The highest BCUT2D eigenvalue weighted by molar-refractivity contribution is 9.10. The van der Waals surface area contributed by atoms with Gasteiger partial charge in [0.25, 0.3) is 0 Å². The zero-order valence-corrected chi connectivity index (χ0v) is 10.8. The molecule has 0 saturated carbocycles. The van der Waals surface area contributed by atoms with Crippen LogP contribution in [-0.2, 0) is 0 Å². The molecule has 0 unspecified atom stereocenters. The SMILES string of the molecule is Nc1nc(-c2ccc(OC(F)F)c(Br)c2)cs1. The molecule has 2 rings (SSSR count). The maximum atomic E-state index is 12.1. The number of thiazole rings is 1. The van der Waals surface area contributed by atoms with E-state index in [4.69, 9.17) is 5.73 Å². The highest BCUT2D eigenvalue weighted by Crippen LogP contribution is 2.32. The number of aromatic nitrogens is 1. The van der Waals surface area contributed by atoms with Gasteiger partial charge in [-0.1, -0.05) is 0 Å². The fraction of sp³-hybridized carbons (Fsp3) is 0.100. The molecule has 0 radical (unpaired) electrons. The predicted molar refractivity (Wildman–Crippen MR) is 66.3 cm³/mol. The lowest BCUT2D eigenvalue weighted by molar-refractivity contribution is -0.0503. The minimum Gasteiger partial charge on any atom is -0.434 e. The van der Waals surface area contributed by atoms with Gasteiger partial charge in [-0.3, -0.25) is 0 Å². The number of hydrogen-bond donors (Lipinski definition) is 1. The van der Waals surface area contributed by atoms with E-state index < -0.39 is 6.61 Å². The molecular weight excluding hydrogens is 314 g/mol. The smallest absolute Gasteiger partial charge is 0.387 e. The Bertz CT molecular complexity index is 533. The first-order valence-corrected chi connectivity index (χ1v) is 6.19. The highest BCUT2D eigenvalue weighted by atomic mass is 79.9. The van der Waals surface area contributed by atoms with Crippen LogP contribution in [0.3, 0.4) is 0 Å². The van der Waals surface area contributed by atoms with Crippen LogP contribution in [0.1, 0.15) is 0 Å². The Morgan fingerprint density at radius 2 is 2.18 bits per heavy atom. The minimum absolute atomic E-state index is 0.0898. The van der Waals surface area contributed by atoms with Gasteiger partial charge in [-0.15, -0.1) is 11.3 Å². The summed E-state index contributed by atoms with van der Waals surface area (Å²) in [5.74, 6) is 0.0898. The van der Waals surface area contributed by atoms with E-state index >= 15 is 0 Å². The van der Waals surface area contributed by atoms with Crippen LogP contribution in [0.25, 0.3) is 11.3 Å². The summed E-state index contributed by atoms with van der Waals surface area (Å²) in [5, 5.41) is 2.26. The third kappa shape index (κ3) is 2.92. The molecule has 1 aromatic carbocycles. The molecule has 3 nitrogen and oxygen atoms in total. The first-order chi connectivity index (χ1) is 8.06. The molecule has 0 spiro atoms. The quantitative estimate of drug-likeness (QED) is 0.936. The number of anilines is 1. The van der Waals surface area contributed by atoms with Crippen LogP contribution in [0, 0.1) is 0 Å². The Labute approximate surface area is 108 Å². The van der Waals surface area contributed by atoms with Crippen LogP contribution in [0.4, 0.5) is 13.9 Å². The van der Waals surface area contributed by atoms with E-state index in [1.807, 2.05) is 0 Å². The summed E-state index contributed by atoms with van der Waals surface area (Å²) in [5.41, 5.74) is 7.01. The molecule has 0 aliphatic heterocycles. The molecule has 0 fully saturated rings. The van der Waals surface area contributed by atoms with Crippen molar-refractivity contribution in [1.29, 1.82) is 0 Å². The van der Waals surface area contributed by atoms with E-state index in [-0.39, 0.29) is 5.75 Å². The predicted octanol–water partition coefficient (Wildman–Crippen LogP) is 3.76. The summed E-state index contributed by atoms with van der Waals surface area (Å²) in [7, 11) is 0. The molecule has 2 N–H and O–H groups in total. The van der Waals surface area contributed by atoms with Crippen molar-refractivity contribution < 1.29 is 13.5 Å². The Morgan fingerprint density at radius 3 is 2.71 bits per heavy atom.